The number of rotatable bonds is 5. The molecule has 0 bridgehead atoms. The Balaban J connectivity index is 1.87. The normalized spacial score (nSPS) is 16.5. The molecule has 22 heavy (non-hydrogen) atoms. The number of nitrogens with zero attached hydrogens (tertiary/aromatic N) is 4. The van der Waals surface area contributed by atoms with Gasteiger partial charge in [0.2, 0.25) is 11.8 Å². The summed E-state index contributed by atoms with van der Waals surface area (Å²) in [5.74, 6) is -1.13. The van der Waals surface area contributed by atoms with Gasteiger partial charge in [-0.05, 0) is 12.8 Å². The lowest BCUT2D eigenvalue weighted by Gasteiger charge is -2.31. The van der Waals surface area contributed by atoms with Gasteiger partial charge in [0.05, 0.1) is 5.25 Å². The highest BCUT2D eigenvalue weighted by molar-refractivity contribution is 7.92. The summed E-state index contributed by atoms with van der Waals surface area (Å²) >= 11 is 0. The molecule has 2 amide bonds. The molecule has 122 valence electrons. The average molecular weight is 329 g/mol. The zero-order chi connectivity index (χ0) is 16.2. The molecule has 2 heterocycles. The summed E-state index contributed by atoms with van der Waals surface area (Å²) in [7, 11) is -2.07. The summed E-state index contributed by atoms with van der Waals surface area (Å²) in [6, 6.07) is 0. The smallest absolute Gasteiger partial charge is 0.244 e. The summed E-state index contributed by atoms with van der Waals surface area (Å²) in [5, 5.41) is 5.61. The van der Waals surface area contributed by atoms with Crippen molar-refractivity contribution >= 4 is 21.7 Å². The molecule has 1 aromatic heterocycles. The van der Waals surface area contributed by atoms with Crippen LogP contribution in [0.2, 0.25) is 0 Å². The van der Waals surface area contributed by atoms with E-state index < -0.39 is 26.7 Å². The number of carbonyl (C=O) groups excluding carboxylic acids is 2. The highest BCUT2D eigenvalue weighted by Crippen LogP contribution is 2.19. The monoisotopic (exact) mass is 329 g/mol. The molecule has 1 aromatic rings. The van der Waals surface area contributed by atoms with Gasteiger partial charge in [-0.2, -0.15) is 5.10 Å². The number of aromatic nitrogens is 3. The van der Waals surface area contributed by atoms with E-state index in [1.54, 1.807) is 4.90 Å². The third kappa shape index (κ3) is 4.03. The van der Waals surface area contributed by atoms with E-state index in [1.807, 2.05) is 0 Å². The molecule has 1 aliphatic heterocycles. The fourth-order valence-electron chi connectivity index (χ4n) is 2.39. The van der Waals surface area contributed by atoms with Crippen LogP contribution in [-0.4, -0.2) is 71.0 Å². The maximum absolute atomic E-state index is 12.1. The van der Waals surface area contributed by atoms with E-state index in [0.29, 0.717) is 25.9 Å². The summed E-state index contributed by atoms with van der Waals surface area (Å²) in [6.07, 6.45) is 3.51. The molecule has 10 heteroatoms. The lowest BCUT2D eigenvalue weighted by Crippen LogP contribution is -2.45. The molecule has 0 atom stereocenters. The van der Waals surface area contributed by atoms with Crippen molar-refractivity contribution in [3.8, 4) is 0 Å². The Hall–Kier alpha value is -1.97. The molecule has 0 aromatic carbocycles. The van der Waals surface area contributed by atoms with Gasteiger partial charge >= 0.3 is 0 Å². The van der Waals surface area contributed by atoms with Crippen LogP contribution in [0.15, 0.2) is 12.7 Å². The van der Waals surface area contributed by atoms with Crippen molar-refractivity contribution in [3.05, 3.63) is 12.7 Å². The van der Waals surface area contributed by atoms with Crippen molar-refractivity contribution in [1.82, 2.24) is 25.0 Å². The van der Waals surface area contributed by atoms with Gasteiger partial charge in [-0.3, -0.25) is 9.59 Å². The molecule has 1 aliphatic rings. The molecule has 0 spiro atoms. The summed E-state index contributed by atoms with van der Waals surface area (Å²) in [6.45, 7) is 0.825. The number of carbonyl (C=O) groups is 2. The van der Waals surface area contributed by atoms with Crippen LogP contribution in [0.3, 0.4) is 0 Å². The first-order valence-corrected chi connectivity index (χ1v) is 8.66. The Bertz CT molecular complexity index is 620. The van der Waals surface area contributed by atoms with Gasteiger partial charge in [0.25, 0.3) is 0 Å². The Morgan fingerprint density at radius 2 is 2.00 bits per heavy atom. The predicted molar refractivity (Wildman–Crippen MR) is 77.5 cm³/mol. The first-order valence-electron chi connectivity index (χ1n) is 6.94. The van der Waals surface area contributed by atoms with E-state index in [0.717, 1.165) is 0 Å². The summed E-state index contributed by atoms with van der Waals surface area (Å²) < 4.78 is 25.6. The van der Waals surface area contributed by atoms with Gasteiger partial charge in [-0.1, -0.05) is 0 Å². The average Bonchev–Trinajstić information content (AvgIpc) is 2.99. The second-order valence-corrected chi connectivity index (χ2v) is 7.43. The summed E-state index contributed by atoms with van der Waals surface area (Å²) in [5.41, 5.74) is 0. The van der Waals surface area contributed by atoms with Crippen molar-refractivity contribution in [2.75, 3.05) is 25.9 Å². The zero-order valence-corrected chi connectivity index (χ0v) is 13.1. The quantitative estimate of drug-likeness (QED) is 0.698. The number of nitrogens with one attached hydrogen (secondary N) is 1. The number of hydrogen-bond donors (Lipinski definition) is 1. The van der Waals surface area contributed by atoms with Crippen molar-refractivity contribution in [3.63, 3.8) is 0 Å². The maximum atomic E-state index is 12.1. The first-order chi connectivity index (χ1) is 10.4. The van der Waals surface area contributed by atoms with Crippen molar-refractivity contribution in [2.45, 2.75) is 24.6 Å². The number of amides is 2. The number of likely N-dealkylation sites (tertiary alicyclic amines) is 1. The fraction of sp³-hybridized carbons (Fsp3) is 0.667. The minimum atomic E-state index is -3.47. The first kappa shape index (κ1) is 16.4. The lowest BCUT2D eigenvalue weighted by atomic mass is 10.1. The maximum Gasteiger partial charge on any atom is 0.244 e. The van der Waals surface area contributed by atoms with Gasteiger partial charge in [0.1, 0.15) is 25.0 Å². The van der Waals surface area contributed by atoms with Crippen LogP contribution < -0.4 is 5.32 Å². The minimum absolute atomic E-state index is 0.0929. The Kier molecular flexibility index (Phi) is 5.11. The zero-order valence-electron chi connectivity index (χ0n) is 12.3. The standard InChI is InChI=1S/C12H19N5O4S/c1-13-11(18)7-22(20,21)10-2-4-16(5-3-10)12(19)6-17-9-14-8-15-17/h8-10H,2-7H2,1H3,(H,13,18). The third-order valence-electron chi connectivity index (χ3n) is 3.68. The molecule has 9 nitrogen and oxygen atoms in total. The fourth-order valence-corrected chi connectivity index (χ4v) is 4.06. The Morgan fingerprint density at radius 3 is 2.55 bits per heavy atom. The van der Waals surface area contributed by atoms with E-state index in [9.17, 15) is 18.0 Å². The van der Waals surface area contributed by atoms with Gasteiger partial charge in [-0.15, -0.1) is 0 Å². The molecule has 0 radical (unpaired) electrons. The molecule has 2 rings (SSSR count). The van der Waals surface area contributed by atoms with E-state index in [1.165, 1.54) is 24.4 Å². The van der Waals surface area contributed by atoms with Crippen LogP contribution in [0.1, 0.15) is 12.8 Å². The molecule has 0 unspecified atom stereocenters. The van der Waals surface area contributed by atoms with E-state index in [4.69, 9.17) is 0 Å². The van der Waals surface area contributed by atoms with Crippen molar-refractivity contribution in [1.29, 1.82) is 0 Å². The predicted octanol–water partition coefficient (Wildman–Crippen LogP) is -1.57. The largest absolute Gasteiger partial charge is 0.358 e. The Morgan fingerprint density at radius 1 is 1.32 bits per heavy atom. The highest BCUT2D eigenvalue weighted by atomic mass is 32.2. The second-order valence-electron chi connectivity index (χ2n) is 5.15. The molecule has 0 aliphatic carbocycles. The van der Waals surface area contributed by atoms with Gasteiger partial charge < -0.3 is 10.2 Å². The minimum Gasteiger partial charge on any atom is -0.358 e. The van der Waals surface area contributed by atoms with Crippen LogP contribution in [0.5, 0.6) is 0 Å². The number of sulfone groups is 1. The van der Waals surface area contributed by atoms with Crippen LogP contribution >= 0.6 is 0 Å². The topological polar surface area (TPSA) is 114 Å². The van der Waals surface area contributed by atoms with Crippen LogP contribution in [-0.2, 0) is 26.0 Å². The van der Waals surface area contributed by atoms with Crippen molar-refractivity contribution in [2.24, 2.45) is 0 Å². The lowest BCUT2D eigenvalue weighted by molar-refractivity contribution is -0.132. The van der Waals surface area contributed by atoms with Gasteiger partial charge in [0.15, 0.2) is 9.84 Å². The molecular weight excluding hydrogens is 310 g/mol. The molecular formula is C12H19N5O4S. The van der Waals surface area contributed by atoms with Crippen LogP contribution in [0.25, 0.3) is 0 Å². The Labute approximate surface area is 128 Å². The highest BCUT2D eigenvalue weighted by Gasteiger charge is 2.32. The van der Waals surface area contributed by atoms with Gasteiger partial charge in [0, 0.05) is 20.1 Å². The molecule has 0 saturated carbocycles. The molecule has 1 fully saturated rings. The third-order valence-corrected chi connectivity index (χ3v) is 5.83. The number of hydrogen-bond acceptors (Lipinski definition) is 6. The van der Waals surface area contributed by atoms with E-state index in [2.05, 4.69) is 15.4 Å². The number of piperidine rings is 1. The van der Waals surface area contributed by atoms with Crippen LogP contribution in [0.4, 0.5) is 0 Å². The van der Waals surface area contributed by atoms with Gasteiger partial charge in [-0.25, -0.2) is 18.1 Å². The summed E-state index contributed by atoms with van der Waals surface area (Å²) in [4.78, 5) is 28.7. The molecule has 1 saturated heterocycles. The van der Waals surface area contributed by atoms with E-state index >= 15 is 0 Å². The SMILES string of the molecule is CNC(=O)CS(=O)(=O)C1CCN(C(=O)Cn2cncn2)CC1. The second kappa shape index (κ2) is 6.86. The van der Waals surface area contributed by atoms with E-state index in [-0.39, 0.29) is 12.5 Å². The van der Waals surface area contributed by atoms with Crippen molar-refractivity contribution < 1.29 is 18.0 Å². The molecule has 1 N–H and O–H groups in total. The van der Waals surface area contributed by atoms with Crippen LogP contribution in [0, 0.1) is 0 Å².